The SMILES string of the molecule is CCOC(=O)c1cc(N2CCC(=O)c3cc(OC)c(OC)cc32)ccc1Cl. The highest BCUT2D eigenvalue weighted by Crippen LogP contribution is 2.41. The predicted molar refractivity (Wildman–Crippen MR) is 103 cm³/mol. The summed E-state index contributed by atoms with van der Waals surface area (Å²) in [5.74, 6) is 0.567. The van der Waals surface area contributed by atoms with Crippen molar-refractivity contribution in [2.24, 2.45) is 0 Å². The average molecular weight is 390 g/mol. The molecule has 0 spiro atoms. The highest BCUT2D eigenvalue weighted by atomic mass is 35.5. The van der Waals surface area contributed by atoms with Crippen molar-refractivity contribution >= 4 is 34.7 Å². The van der Waals surface area contributed by atoms with Crippen LogP contribution in [-0.2, 0) is 4.74 Å². The summed E-state index contributed by atoms with van der Waals surface area (Å²) < 4.78 is 15.8. The van der Waals surface area contributed by atoms with Crippen LogP contribution in [0.25, 0.3) is 0 Å². The number of benzene rings is 2. The van der Waals surface area contributed by atoms with Crippen molar-refractivity contribution < 1.29 is 23.8 Å². The number of hydrogen-bond donors (Lipinski definition) is 0. The Labute approximate surface area is 162 Å². The van der Waals surface area contributed by atoms with Gasteiger partial charge in [-0.3, -0.25) is 4.79 Å². The number of methoxy groups -OCH3 is 2. The molecular weight excluding hydrogens is 370 g/mol. The lowest BCUT2D eigenvalue weighted by Gasteiger charge is -2.31. The van der Waals surface area contributed by atoms with Gasteiger partial charge in [0.05, 0.1) is 37.1 Å². The molecule has 0 fully saturated rings. The highest BCUT2D eigenvalue weighted by Gasteiger charge is 2.27. The van der Waals surface area contributed by atoms with E-state index in [4.69, 9.17) is 25.8 Å². The molecule has 7 heteroatoms. The van der Waals surface area contributed by atoms with E-state index in [0.29, 0.717) is 40.7 Å². The van der Waals surface area contributed by atoms with E-state index in [-0.39, 0.29) is 18.0 Å². The van der Waals surface area contributed by atoms with Crippen molar-refractivity contribution in [3.8, 4) is 11.5 Å². The van der Waals surface area contributed by atoms with E-state index in [2.05, 4.69) is 0 Å². The highest BCUT2D eigenvalue weighted by molar-refractivity contribution is 6.33. The minimum absolute atomic E-state index is 0.0294. The average Bonchev–Trinajstić information content (AvgIpc) is 2.68. The van der Waals surface area contributed by atoms with E-state index in [0.717, 1.165) is 5.69 Å². The maximum atomic E-state index is 12.4. The van der Waals surface area contributed by atoms with Gasteiger partial charge in [0.25, 0.3) is 0 Å². The van der Waals surface area contributed by atoms with Crippen LogP contribution in [0.1, 0.15) is 34.1 Å². The minimum atomic E-state index is -0.482. The van der Waals surface area contributed by atoms with E-state index < -0.39 is 5.97 Å². The first-order valence-corrected chi connectivity index (χ1v) is 8.91. The summed E-state index contributed by atoms with van der Waals surface area (Å²) in [5, 5.41) is 0.317. The lowest BCUT2D eigenvalue weighted by molar-refractivity contribution is 0.0526. The summed E-state index contributed by atoms with van der Waals surface area (Å²) in [6.45, 7) is 2.48. The largest absolute Gasteiger partial charge is 0.493 e. The molecule has 0 unspecified atom stereocenters. The third kappa shape index (κ3) is 3.57. The van der Waals surface area contributed by atoms with Gasteiger partial charge < -0.3 is 19.1 Å². The summed E-state index contributed by atoms with van der Waals surface area (Å²) in [7, 11) is 3.07. The lowest BCUT2D eigenvalue weighted by Crippen LogP contribution is -2.28. The van der Waals surface area contributed by atoms with Gasteiger partial charge in [0.2, 0.25) is 0 Å². The number of ether oxygens (including phenoxy) is 3. The van der Waals surface area contributed by atoms with Crippen LogP contribution in [0.3, 0.4) is 0 Å². The Morgan fingerprint density at radius 1 is 1.15 bits per heavy atom. The number of nitrogens with zero attached hydrogens (tertiary/aromatic N) is 1. The first-order valence-electron chi connectivity index (χ1n) is 8.53. The van der Waals surface area contributed by atoms with Gasteiger partial charge in [-0.15, -0.1) is 0 Å². The van der Waals surface area contributed by atoms with Gasteiger partial charge in [0.1, 0.15) is 0 Å². The number of anilines is 2. The monoisotopic (exact) mass is 389 g/mol. The first kappa shape index (κ1) is 19.0. The number of fused-ring (bicyclic) bond motifs is 1. The van der Waals surface area contributed by atoms with Crippen LogP contribution in [0.2, 0.25) is 5.02 Å². The molecule has 0 aromatic heterocycles. The van der Waals surface area contributed by atoms with E-state index in [9.17, 15) is 9.59 Å². The number of Topliss-reactive ketones (excluding diaryl/α,β-unsaturated/α-hetero) is 1. The van der Waals surface area contributed by atoms with Gasteiger partial charge in [0.15, 0.2) is 17.3 Å². The van der Waals surface area contributed by atoms with Crippen molar-refractivity contribution in [3.05, 3.63) is 46.5 Å². The Hall–Kier alpha value is -2.73. The van der Waals surface area contributed by atoms with Gasteiger partial charge >= 0.3 is 5.97 Å². The molecule has 0 radical (unpaired) electrons. The fraction of sp³-hybridized carbons (Fsp3) is 0.300. The second-order valence-electron chi connectivity index (χ2n) is 5.93. The van der Waals surface area contributed by atoms with Crippen molar-refractivity contribution in [2.75, 3.05) is 32.3 Å². The summed E-state index contributed by atoms with van der Waals surface area (Å²) in [5.41, 5.74) is 2.27. The molecule has 0 N–H and O–H groups in total. The van der Waals surface area contributed by atoms with Gasteiger partial charge in [-0.25, -0.2) is 4.79 Å². The molecular formula is C20H20ClNO5. The standard InChI is InChI=1S/C20H20ClNO5/c1-4-27-20(24)13-9-12(5-6-15(13)21)22-8-7-17(23)14-10-18(25-2)19(26-3)11-16(14)22/h5-6,9-11H,4,7-8H2,1-3H3. The lowest BCUT2D eigenvalue weighted by atomic mass is 9.98. The van der Waals surface area contributed by atoms with Crippen LogP contribution < -0.4 is 14.4 Å². The summed E-state index contributed by atoms with van der Waals surface area (Å²) >= 11 is 6.17. The molecule has 0 aliphatic carbocycles. The summed E-state index contributed by atoms with van der Waals surface area (Å²) in [6.07, 6.45) is 0.347. The Kier molecular flexibility index (Phi) is 5.56. The number of hydrogen-bond acceptors (Lipinski definition) is 6. The Morgan fingerprint density at radius 2 is 1.85 bits per heavy atom. The fourth-order valence-electron chi connectivity index (χ4n) is 3.10. The molecule has 0 atom stereocenters. The van der Waals surface area contributed by atoms with Gasteiger partial charge in [-0.05, 0) is 31.2 Å². The molecule has 27 heavy (non-hydrogen) atoms. The number of carbonyl (C=O) groups excluding carboxylic acids is 2. The molecule has 2 aromatic carbocycles. The number of rotatable bonds is 5. The number of carbonyl (C=O) groups is 2. The normalized spacial score (nSPS) is 13.2. The van der Waals surface area contributed by atoms with Crippen LogP contribution >= 0.6 is 11.6 Å². The quantitative estimate of drug-likeness (QED) is 0.712. The van der Waals surface area contributed by atoms with Crippen LogP contribution in [0.5, 0.6) is 11.5 Å². The smallest absolute Gasteiger partial charge is 0.339 e. The third-order valence-corrected chi connectivity index (χ3v) is 4.74. The molecule has 1 heterocycles. The Balaban J connectivity index is 2.10. The number of ketones is 1. The molecule has 0 saturated carbocycles. The van der Waals surface area contributed by atoms with Crippen molar-refractivity contribution in [2.45, 2.75) is 13.3 Å². The topological polar surface area (TPSA) is 65.1 Å². The fourth-order valence-corrected chi connectivity index (χ4v) is 3.29. The Morgan fingerprint density at radius 3 is 2.52 bits per heavy atom. The molecule has 142 valence electrons. The molecule has 0 bridgehead atoms. The predicted octanol–water partition coefficient (Wildman–Crippen LogP) is 4.26. The van der Waals surface area contributed by atoms with Crippen LogP contribution in [0.4, 0.5) is 11.4 Å². The molecule has 0 saturated heterocycles. The molecule has 6 nitrogen and oxygen atoms in total. The zero-order valence-corrected chi connectivity index (χ0v) is 16.1. The first-order chi connectivity index (χ1) is 13.0. The number of esters is 1. The van der Waals surface area contributed by atoms with Gasteiger partial charge in [0, 0.05) is 30.3 Å². The van der Waals surface area contributed by atoms with Crippen LogP contribution in [0, 0.1) is 0 Å². The molecule has 3 rings (SSSR count). The zero-order chi connectivity index (χ0) is 19.6. The van der Waals surface area contributed by atoms with E-state index in [1.54, 1.807) is 44.4 Å². The maximum absolute atomic E-state index is 12.4. The third-order valence-electron chi connectivity index (χ3n) is 4.41. The zero-order valence-electron chi connectivity index (χ0n) is 15.4. The van der Waals surface area contributed by atoms with Crippen molar-refractivity contribution in [1.82, 2.24) is 0 Å². The minimum Gasteiger partial charge on any atom is -0.493 e. The van der Waals surface area contributed by atoms with Crippen LogP contribution in [-0.4, -0.2) is 39.1 Å². The van der Waals surface area contributed by atoms with Gasteiger partial charge in [-0.1, -0.05) is 11.6 Å². The second-order valence-corrected chi connectivity index (χ2v) is 6.34. The number of halogens is 1. The van der Waals surface area contributed by atoms with E-state index in [1.165, 1.54) is 7.11 Å². The van der Waals surface area contributed by atoms with E-state index >= 15 is 0 Å². The summed E-state index contributed by atoms with van der Waals surface area (Å²) in [6, 6.07) is 8.59. The molecule has 2 aromatic rings. The Bertz CT molecular complexity index is 896. The maximum Gasteiger partial charge on any atom is 0.339 e. The van der Waals surface area contributed by atoms with Gasteiger partial charge in [-0.2, -0.15) is 0 Å². The van der Waals surface area contributed by atoms with Crippen molar-refractivity contribution in [3.63, 3.8) is 0 Å². The summed E-state index contributed by atoms with van der Waals surface area (Å²) in [4.78, 5) is 26.5. The van der Waals surface area contributed by atoms with Crippen LogP contribution in [0.15, 0.2) is 30.3 Å². The molecule has 1 aliphatic rings. The van der Waals surface area contributed by atoms with E-state index in [1.807, 2.05) is 4.90 Å². The molecule has 1 aliphatic heterocycles. The van der Waals surface area contributed by atoms with Crippen molar-refractivity contribution in [1.29, 1.82) is 0 Å². The molecule has 0 amide bonds. The second kappa shape index (κ2) is 7.88.